The Morgan fingerprint density at radius 1 is 1.33 bits per heavy atom. The van der Waals surface area contributed by atoms with Crippen molar-refractivity contribution < 1.29 is 22.8 Å². The molecule has 0 spiro atoms. The van der Waals surface area contributed by atoms with Crippen LogP contribution in [0.4, 0.5) is 13.2 Å². The Hall–Kier alpha value is -1.27. The van der Waals surface area contributed by atoms with Gasteiger partial charge in [0.15, 0.2) is 0 Å². The van der Waals surface area contributed by atoms with E-state index >= 15 is 0 Å². The Balaban J connectivity index is 2.98. The van der Waals surface area contributed by atoms with Gasteiger partial charge in [-0.25, -0.2) is 0 Å². The van der Waals surface area contributed by atoms with Gasteiger partial charge in [0.25, 0.3) is 0 Å². The van der Waals surface area contributed by atoms with Crippen LogP contribution in [0.25, 0.3) is 0 Å². The van der Waals surface area contributed by atoms with Crippen molar-refractivity contribution in [3.8, 4) is 0 Å². The molecule has 2 unspecified atom stereocenters. The van der Waals surface area contributed by atoms with Crippen LogP contribution >= 0.6 is 0 Å². The molecule has 1 saturated heterocycles. The second kappa shape index (κ2) is 5.16. The fraction of sp³-hybridized carbons (Fsp3) is 0.818. The van der Waals surface area contributed by atoms with E-state index in [4.69, 9.17) is 0 Å². The molecule has 1 rings (SSSR count). The van der Waals surface area contributed by atoms with Gasteiger partial charge in [0.05, 0.1) is 0 Å². The summed E-state index contributed by atoms with van der Waals surface area (Å²) in [7, 11) is 0. The number of carbonyl (C=O) groups is 2. The molecule has 0 aromatic rings. The molecule has 18 heavy (non-hydrogen) atoms. The van der Waals surface area contributed by atoms with Crippen molar-refractivity contribution in [2.45, 2.75) is 45.5 Å². The summed E-state index contributed by atoms with van der Waals surface area (Å²) in [6, 6.07) is -1.91. The zero-order chi connectivity index (χ0) is 14.1. The molecular weight excluding hydrogens is 249 g/mol. The van der Waals surface area contributed by atoms with Crippen molar-refractivity contribution in [3.05, 3.63) is 0 Å². The minimum atomic E-state index is -4.50. The fourth-order valence-electron chi connectivity index (χ4n) is 2.02. The molecule has 0 saturated carbocycles. The van der Waals surface area contributed by atoms with E-state index in [1.807, 2.05) is 0 Å². The lowest BCUT2D eigenvalue weighted by atomic mass is 9.97. The van der Waals surface area contributed by atoms with Gasteiger partial charge < -0.3 is 10.2 Å². The molecule has 1 aliphatic rings. The molecule has 1 aliphatic heterocycles. The Labute approximate surface area is 104 Å². The van der Waals surface area contributed by atoms with Crippen LogP contribution in [0, 0.1) is 5.92 Å². The normalized spacial score (nSPS) is 25.6. The molecule has 2 atom stereocenters. The highest BCUT2D eigenvalue weighted by Crippen LogP contribution is 2.23. The Morgan fingerprint density at radius 3 is 2.28 bits per heavy atom. The maximum Gasteiger partial charge on any atom is 0.406 e. The van der Waals surface area contributed by atoms with Crippen LogP contribution in [0.1, 0.15) is 27.2 Å². The van der Waals surface area contributed by atoms with E-state index in [-0.39, 0.29) is 12.3 Å². The first-order valence-electron chi connectivity index (χ1n) is 5.85. The molecule has 0 radical (unpaired) electrons. The maximum atomic E-state index is 12.5. The highest BCUT2D eigenvalue weighted by Gasteiger charge is 2.45. The summed E-state index contributed by atoms with van der Waals surface area (Å²) in [5, 5.41) is 2.48. The minimum Gasteiger partial charge on any atom is -0.342 e. The Bertz CT molecular complexity index is 342. The number of alkyl halides is 3. The van der Waals surface area contributed by atoms with Gasteiger partial charge in [0.1, 0.15) is 18.6 Å². The standard InChI is InChI=1S/C11H17F3N2O2/c1-4-7-9(17)15-8(6(2)3)10(18)16(7)5-11(12,13)14/h6-8H,4-5H2,1-3H3,(H,15,17). The average molecular weight is 266 g/mol. The molecule has 7 heteroatoms. The SMILES string of the molecule is CCC1C(=O)NC(C(C)C)C(=O)N1CC(F)(F)F. The lowest BCUT2D eigenvalue weighted by Crippen LogP contribution is -2.65. The molecule has 4 nitrogen and oxygen atoms in total. The van der Waals surface area contributed by atoms with E-state index in [2.05, 4.69) is 5.32 Å². The van der Waals surface area contributed by atoms with Crippen LogP contribution < -0.4 is 5.32 Å². The van der Waals surface area contributed by atoms with Gasteiger partial charge in [-0.1, -0.05) is 20.8 Å². The quantitative estimate of drug-likeness (QED) is 0.837. The number of nitrogens with one attached hydrogen (secondary N) is 1. The summed E-state index contributed by atoms with van der Waals surface area (Å²) in [4.78, 5) is 24.3. The van der Waals surface area contributed by atoms with Crippen LogP contribution in [0.5, 0.6) is 0 Å². The van der Waals surface area contributed by atoms with Crippen molar-refractivity contribution in [3.63, 3.8) is 0 Å². The minimum absolute atomic E-state index is 0.165. The summed E-state index contributed by atoms with van der Waals surface area (Å²) >= 11 is 0. The number of piperazine rings is 1. The van der Waals surface area contributed by atoms with Crippen molar-refractivity contribution in [1.29, 1.82) is 0 Å². The first kappa shape index (κ1) is 14.8. The lowest BCUT2D eigenvalue weighted by Gasteiger charge is -2.40. The smallest absolute Gasteiger partial charge is 0.342 e. The molecule has 0 aromatic carbocycles. The number of nitrogens with zero attached hydrogens (tertiary/aromatic N) is 1. The van der Waals surface area contributed by atoms with Crippen LogP contribution in [0.3, 0.4) is 0 Å². The average Bonchev–Trinajstić information content (AvgIpc) is 2.21. The third kappa shape index (κ3) is 3.14. The predicted molar refractivity (Wildman–Crippen MR) is 58.6 cm³/mol. The van der Waals surface area contributed by atoms with Crippen LogP contribution in [-0.2, 0) is 9.59 Å². The van der Waals surface area contributed by atoms with Gasteiger partial charge in [-0.2, -0.15) is 13.2 Å². The van der Waals surface area contributed by atoms with Crippen molar-refractivity contribution in [2.24, 2.45) is 5.92 Å². The Kier molecular flexibility index (Phi) is 4.24. The summed E-state index contributed by atoms with van der Waals surface area (Å²) in [5.74, 6) is -1.41. The molecule has 2 amide bonds. The monoisotopic (exact) mass is 266 g/mol. The molecule has 1 fully saturated rings. The number of rotatable bonds is 3. The van der Waals surface area contributed by atoms with E-state index in [0.29, 0.717) is 4.90 Å². The molecule has 1 heterocycles. The van der Waals surface area contributed by atoms with Crippen molar-refractivity contribution in [2.75, 3.05) is 6.54 Å². The maximum absolute atomic E-state index is 12.5. The zero-order valence-electron chi connectivity index (χ0n) is 10.5. The summed E-state index contributed by atoms with van der Waals surface area (Å²) in [6.07, 6.45) is -4.33. The van der Waals surface area contributed by atoms with Crippen LogP contribution in [-0.4, -0.2) is 41.5 Å². The predicted octanol–water partition coefficient (Wildman–Crippen LogP) is 1.31. The second-order valence-corrected chi connectivity index (χ2v) is 4.74. The molecule has 1 N–H and O–H groups in total. The van der Waals surface area contributed by atoms with Gasteiger partial charge in [-0.05, 0) is 12.3 Å². The lowest BCUT2D eigenvalue weighted by molar-refractivity contribution is -0.175. The first-order chi connectivity index (χ1) is 8.17. The largest absolute Gasteiger partial charge is 0.406 e. The summed E-state index contributed by atoms with van der Waals surface area (Å²) in [5.41, 5.74) is 0. The third-order valence-electron chi connectivity index (χ3n) is 2.93. The van der Waals surface area contributed by atoms with E-state index in [0.717, 1.165) is 0 Å². The van der Waals surface area contributed by atoms with Gasteiger partial charge >= 0.3 is 6.18 Å². The number of halogens is 3. The molecular formula is C11H17F3N2O2. The second-order valence-electron chi connectivity index (χ2n) is 4.74. The van der Waals surface area contributed by atoms with Gasteiger partial charge in [0, 0.05) is 0 Å². The van der Waals surface area contributed by atoms with Gasteiger partial charge in [-0.15, -0.1) is 0 Å². The molecule has 104 valence electrons. The van der Waals surface area contributed by atoms with E-state index < -0.39 is 36.6 Å². The molecule has 0 bridgehead atoms. The van der Waals surface area contributed by atoms with Gasteiger partial charge in [-0.3, -0.25) is 9.59 Å². The summed E-state index contributed by atoms with van der Waals surface area (Å²) < 4.78 is 37.4. The topological polar surface area (TPSA) is 49.4 Å². The van der Waals surface area contributed by atoms with Crippen LogP contribution in [0.2, 0.25) is 0 Å². The third-order valence-corrected chi connectivity index (χ3v) is 2.93. The fourth-order valence-corrected chi connectivity index (χ4v) is 2.02. The van der Waals surface area contributed by atoms with Gasteiger partial charge in [0.2, 0.25) is 11.8 Å². The summed E-state index contributed by atoms with van der Waals surface area (Å²) in [6.45, 7) is 3.57. The highest BCUT2D eigenvalue weighted by molar-refractivity contribution is 5.97. The van der Waals surface area contributed by atoms with Crippen molar-refractivity contribution in [1.82, 2.24) is 10.2 Å². The highest BCUT2D eigenvalue weighted by atomic mass is 19.4. The first-order valence-corrected chi connectivity index (χ1v) is 5.85. The number of hydrogen-bond acceptors (Lipinski definition) is 2. The number of amides is 2. The number of hydrogen-bond donors (Lipinski definition) is 1. The van der Waals surface area contributed by atoms with E-state index in [1.165, 1.54) is 0 Å². The van der Waals surface area contributed by atoms with Crippen molar-refractivity contribution >= 4 is 11.8 Å². The zero-order valence-corrected chi connectivity index (χ0v) is 10.5. The molecule has 0 aliphatic carbocycles. The molecule has 0 aromatic heterocycles. The van der Waals surface area contributed by atoms with Crippen LogP contribution in [0.15, 0.2) is 0 Å². The van der Waals surface area contributed by atoms with E-state index in [1.54, 1.807) is 20.8 Å². The van der Waals surface area contributed by atoms with E-state index in [9.17, 15) is 22.8 Å². The Morgan fingerprint density at radius 2 is 1.89 bits per heavy atom. The number of carbonyl (C=O) groups excluding carboxylic acids is 2.